The van der Waals surface area contributed by atoms with E-state index in [2.05, 4.69) is 4.99 Å². The summed E-state index contributed by atoms with van der Waals surface area (Å²) in [7, 11) is 1.67. The van der Waals surface area contributed by atoms with Gasteiger partial charge in [-0.2, -0.15) is 0 Å². The van der Waals surface area contributed by atoms with Crippen LogP contribution in [0.25, 0.3) is 0 Å². The highest BCUT2D eigenvalue weighted by Gasteiger charge is 2.04. The Morgan fingerprint density at radius 3 is 2.75 bits per heavy atom. The lowest BCUT2D eigenvalue weighted by Gasteiger charge is -2.05. The van der Waals surface area contributed by atoms with E-state index in [1.54, 1.807) is 19.3 Å². The van der Waals surface area contributed by atoms with Crippen LogP contribution in [0, 0.1) is 6.92 Å². The zero-order valence-corrected chi connectivity index (χ0v) is 7.20. The number of hydrogen-bond acceptors (Lipinski definition) is 3. The summed E-state index contributed by atoms with van der Waals surface area (Å²) in [5.41, 5.74) is 7.82. The van der Waals surface area contributed by atoms with E-state index in [-0.39, 0.29) is 5.75 Å². The summed E-state index contributed by atoms with van der Waals surface area (Å²) in [5.74, 6) is 0.107. The quantitative estimate of drug-likeness (QED) is 0.373. The van der Waals surface area contributed by atoms with Crippen LogP contribution in [0.4, 0.5) is 5.69 Å². The molecule has 0 saturated carbocycles. The molecule has 0 bridgehead atoms. The van der Waals surface area contributed by atoms with Crippen molar-refractivity contribution in [2.45, 2.75) is 6.92 Å². The van der Waals surface area contributed by atoms with Gasteiger partial charge in [-0.05, 0) is 18.6 Å². The number of benzene rings is 1. The van der Waals surface area contributed by atoms with Gasteiger partial charge in [0.2, 0.25) is 0 Å². The van der Waals surface area contributed by atoms with E-state index in [1.165, 1.54) is 0 Å². The Balaban J connectivity index is 3.32. The lowest BCUT2D eigenvalue weighted by Crippen LogP contribution is -1.96. The van der Waals surface area contributed by atoms with Crippen LogP contribution in [0.5, 0.6) is 5.75 Å². The molecule has 3 heteroatoms. The second kappa shape index (κ2) is 3.26. The van der Waals surface area contributed by atoms with Crippen molar-refractivity contribution in [3.8, 4) is 5.75 Å². The molecule has 64 valence electrons. The number of nitrogens with zero attached hydrogens (tertiary/aromatic N) is 1. The molecule has 0 saturated heterocycles. The van der Waals surface area contributed by atoms with Crippen molar-refractivity contribution in [1.29, 1.82) is 0 Å². The summed E-state index contributed by atoms with van der Waals surface area (Å²) >= 11 is 0. The zero-order valence-electron chi connectivity index (χ0n) is 7.20. The SMILES string of the molecule is CN=Cc1c(C)ccc(O)c1N. The predicted octanol–water partition coefficient (Wildman–Crippen LogP) is 1.33. The van der Waals surface area contributed by atoms with Gasteiger partial charge in [-0.25, -0.2) is 0 Å². The molecule has 12 heavy (non-hydrogen) atoms. The average molecular weight is 164 g/mol. The van der Waals surface area contributed by atoms with Crippen LogP contribution >= 0.6 is 0 Å². The van der Waals surface area contributed by atoms with Crippen LogP contribution < -0.4 is 5.73 Å². The normalized spacial score (nSPS) is 10.8. The topological polar surface area (TPSA) is 58.6 Å². The number of anilines is 1. The minimum atomic E-state index is 0.107. The van der Waals surface area contributed by atoms with Gasteiger partial charge in [0.1, 0.15) is 5.75 Å². The van der Waals surface area contributed by atoms with E-state index in [4.69, 9.17) is 5.73 Å². The average Bonchev–Trinajstić information content (AvgIpc) is 2.06. The number of phenols is 1. The van der Waals surface area contributed by atoms with Gasteiger partial charge >= 0.3 is 0 Å². The molecular weight excluding hydrogens is 152 g/mol. The molecule has 0 fully saturated rings. The zero-order chi connectivity index (χ0) is 9.14. The molecule has 0 atom stereocenters. The maximum Gasteiger partial charge on any atom is 0.139 e. The molecule has 3 nitrogen and oxygen atoms in total. The summed E-state index contributed by atoms with van der Waals surface area (Å²) in [6, 6.07) is 3.39. The van der Waals surface area contributed by atoms with E-state index < -0.39 is 0 Å². The lowest BCUT2D eigenvalue weighted by atomic mass is 10.1. The molecule has 0 heterocycles. The van der Waals surface area contributed by atoms with Crippen molar-refractivity contribution >= 4 is 11.9 Å². The number of rotatable bonds is 1. The number of aryl methyl sites for hydroxylation is 1. The number of aromatic hydroxyl groups is 1. The lowest BCUT2D eigenvalue weighted by molar-refractivity contribution is 0.478. The third kappa shape index (κ3) is 1.39. The molecule has 1 aromatic carbocycles. The van der Waals surface area contributed by atoms with Gasteiger partial charge in [0.15, 0.2) is 0 Å². The highest BCUT2D eigenvalue weighted by Crippen LogP contribution is 2.24. The summed E-state index contributed by atoms with van der Waals surface area (Å²) in [6.07, 6.45) is 1.64. The Bertz CT molecular complexity index is 319. The fourth-order valence-electron chi connectivity index (χ4n) is 1.03. The summed E-state index contributed by atoms with van der Waals surface area (Å²) < 4.78 is 0. The summed E-state index contributed by atoms with van der Waals surface area (Å²) in [6.45, 7) is 1.92. The fourth-order valence-corrected chi connectivity index (χ4v) is 1.03. The number of nitrogens with two attached hydrogens (primary N) is 1. The molecular formula is C9H12N2O. The van der Waals surface area contributed by atoms with Crippen molar-refractivity contribution in [2.75, 3.05) is 12.8 Å². The van der Waals surface area contributed by atoms with Crippen LogP contribution in [-0.4, -0.2) is 18.4 Å². The van der Waals surface area contributed by atoms with Crippen molar-refractivity contribution in [3.63, 3.8) is 0 Å². The first-order valence-corrected chi connectivity index (χ1v) is 3.67. The molecule has 0 aliphatic rings. The molecule has 0 aliphatic carbocycles. The maximum absolute atomic E-state index is 9.26. The predicted molar refractivity (Wildman–Crippen MR) is 50.8 cm³/mol. The highest BCUT2D eigenvalue weighted by molar-refractivity contribution is 5.90. The van der Waals surface area contributed by atoms with Crippen molar-refractivity contribution in [1.82, 2.24) is 0 Å². The van der Waals surface area contributed by atoms with E-state index in [0.717, 1.165) is 11.1 Å². The first kappa shape index (κ1) is 8.59. The largest absolute Gasteiger partial charge is 0.506 e. The third-order valence-electron chi connectivity index (χ3n) is 1.74. The van der Waals surface area contributed by atoms with E-state index >= 15 is 0 Å². The first-order chi connectivity index (χ1) is 5.66. The second-order valence-electron chi connectivity index (χ2n) is 2.62. The Hall–Kier alpha value is -1.51. The molecule has 0 amide bonds. The minimum absolute atomic E-state index is 0.107. The van der Waals surface area contributed by atoms with Gasteiger partial charge < -0.3 is 10.8 Å². The van der Waals surface area contributed by atoms with Gasteiger partial charge in [0.25, 0.3) is 0 Å². The molecule has 0 spiro atoms. The Labute approximate surface area is 71.6 Å². The molecule has 3 N–H and O–H groups in total. The summed E-state index contributed by atoms with van der Waals surface area (Å²) in [5, 5.41) is 9.26. The van der Waals surface area contributed by atoms with Crippen molar-refractivity contribution in [2.24, 2.45) is 4.99 Å². The Morgan fingerprint density at radius 1 is 1.50 bits per heavy atom. The van der Waals surface area contributed by atoms with Gasteiger partial charge in [0, 0.05) is 18.8 Å². The Kier molecular flexibility index (Phi) is 2.33. The number of nitrogen functional groups attached to an aromatic ring is 1. The third-order valence-corrected chi connectivity index (χ3v) is 1.74. The van der Waals surface area contributed by atoms with Gasteiger partial charge in [-0.15, -0.1) is 0 Å². The smallest absolute Gasteiger partial charge is 0.139 e. The van der Waals surface area contributed by atoms with E-state index in [9.17, 15) is 5.11 Å². The van der Waals surface area contributed by atoms with Crippen LogP contribution in [0.3, 0.4) is 0 Å². The van der Waals surface area contributed by atoms with Crippen LogP contribution in [-0.2, 0) is 0 Å². The first-order valence-electron chi connectivity index (χ1n) is 3.67. The number of aliphatic imine (C=N–C) groups is 1. The summed E-state index contributed by atoms with van der Waals surface area (Å²) in [4.78, 5) is 3.85. The van der Waals surface area contributed by atoms with Crippen molar-refractivity contribution in [3.05, 3.63) is 23.3 Å². The van der Waals surface area contributed by atoms with Crippen LogP contribution in [0.2, 0.25) is 0 Å². The Morgan fingerprint density at radius 2 is 2.17 bits per heavy atom. The van der Waals surface area contributed by atoms with Crippen LogP contribution in [0.1, 0.15) is 11.1 Å². The van der Waals surface area contributed by atoms with Gasteiger partial charge in [-0.3, -0.25) is 4.99 Å². The van der Waals surface area contributed by atoms with Crippen molar-refractivity contribution < 1.29 is 5.11 Å². The van der Waals surface area contributed by atoms with E-state index in [1.807, 2.05) is 13.0 Å². The monoisotopic (exact) mass is 164 g/mol. The standard InChI is InChI=1S/C9H12N2O/c1-6-3-4-8(12)9(10)7(6)5-11-2/h3-5,12H,10H2,1-2H3. The molecule has 0 aromatic heterocycles. The van der Waals surface area contributed by atoms with E-state index in [0.29, 0.717) is 5.69 Å². The highest BCUT2D eigenvalue weighted by atomic mass is 16.3. The number of hydrogen-bond donors (Lipinski definition) is 2. The van der Waals surface area contributed by atoms with Gasteiger partial charge in [0.05, 0.1) is 5.69 Å². The molecule has 1 aromatic rings. The van der Waals surface area contributed by atoms with Crippen LogP contribution in [0.15, 0.2) is 17.1 Å². The number of phenolic OH excluding ortho intramolecular Hbond substituents is 1. The maximum atomic E-state index is 9.26. The molecule has 0 radical (unpaired) electrons. The fraction of sp³-hybridized carbons (Fsp3) is 0.222. The molecule has 0 unspecified atom stereocenters. The molecule has 1 rings (SSSR count). The minimum Gasteiger partial charge on any atom is -0.506 e. The second-order valence-corrected chi connectivity index (χ2v) is 2.62. The van der Waals surface area contributed by atoms with Gasteiger partial charge in [-0.1, -0.05) is 6.07 Å². The molecule has 0 aliphatic heterocycles.